The second-order valence-electron chi connectivity index (χ2n) is 5.94. The average molecular weight is 273 g/mol. The number of rotatable bonds is 7. The number of hydrogen-bond donors (Lipinski definition) is 1. The van der Waals surface area contributed by atoms with Gasteiger partial charge in [-0.15, -0.1) is 0 Å². The van der Waals surface area contributed by atoms with E-state index in [4.69, 9.17) is 0 Å². The van der Waals surface area contributed by atoms with Crippen molar-refractivity contribution in [3.63, 3.8) is 0 Å². The summed E-state index contributed by atoms with van der Waals surface area (Å²) in [5.74, 6) is 1.13. The van der Waals surface area contributed by atoms with Gasteiger partial charge in [0.25, 0.3) is 0 Å². The molecule has 0 saturated carbocycles. The van der Waals surface area contributed by atoms with Crippen molar-refractivity contribution in [1.82, 2.24) is 0 Å². The molecular weight excluding hydrogens is 246 g/mol. The monoisotopic (exact) mass is 273 g/mol. The topological polar surface area (TPSA) is 29.1 Å². The van der Waals surface area contributed by atoms with E-state index in [0.717, 1.165) is 31.5 Å². The van der Waals surface area contributed by atoms with E-state index >= 15 is 0 Å². The van der Waals surface area contributed by atoms with Crippen LogP contribution in [0.5, 0.6) is 0 Å². The molecule has 0 radical (unpaired) electrons. The molecule has 1 aliphatic heterocycles. The number of para-hydroxylation sites is 1. The number of ketones is 1. The average Bonchev–Trinajstić information content (AvgIpc) is 2.50. The number of nitrogens with one attached hydrogen (secondary N) is 1. The van der Waals surface area contributed by atoms with Gasteiger partial charge in [-0.05, 0) is 24.0 Å². The molecule has 1 aromatic carbocycles. The fourth-order valence-electron chi connectivity index (χ4n) is 3.17. The molecular formula is C18H27NO. The minimum Gasteiger partial charge on any atom is -0.385 e. The zero-order chi connectivity index (χ0) is 14.4. The standard InChI is InChI=1S/C18H27NO/c1-3-5-8-14(4-2)13-18(20)16-11-12-19-17-10-7-6-9-15(16)17/h6-7,9-10,14,16,19H,3-5,8,11-13H2,1-2H3. The predicted octanol–water partition coefficient (Wildman–Crippen LogP) is 4.76. The van der Waals surface area contributed by atoms with Crippen LogP contribution in [-0.4, -0.2) is 12.3 Å². The van der Waals surface area contributed by atoms with Crippen LogP contribution in [0.4, 0.5) is 5.69 Å². The van der Waals surface area contributed by atoms with Gasteiger partial charge in [0.15, 0.2) is 0 Å². The minimum absolute atomic E-state index is 0.114. The Balaban J connectivity index is 2.03. The molecule has 2 nitrogen and oxygen atoms in total. The predicted molar refractivity (Wildman–Crippen MR) is 85.2 cm³/mol. The zero-order valence-corrected chi connectivity index (χ0v) is 12.8. The van der Waals surface area contributed by atoms with Gasteiger partial charge in [0, 0.05) is 24.6 Å². The van der Waals surface area contributed by atoms with Crippen molar-refractivity contribution in [2.45, 2.75) is 58.3 Å². The van der Waals surface area contributed by atoms with Crippen molar-refractivity contribution >= 4 is 11.5 Å². The third kappa shape index (κ3) is 3.62. The molecule has 0 spiro atoms. The number of fused-ring (bicyclic) bond motifs is 1. The highest BCUT2D eigenvalue weighted by atomic mass is 16.1. The summed E-state index contributed by atoms with van der Waals surface area (Å²) < 4.78 is 0. The van der Waals surface area contributed by atoms with Crippen LogP contribution in [0.25, 0.3) is 0 Å². The summed E-state index contributed by atoms with van der Waals surface area (Å²) in [6.45, 7) is 5.35. The van der Waals surface area contributed by atoms with Crippen molar-refractivity contribution in [3.8, 4) is 0 Å². The Morgan fingerprint density at radius 3 is 2.90 bits per heavy atom. The normalized spacial score (nSPS) is 19.0. The molecule has 2 unspecified atom stereocenters. The molecule has 2 atom stereocenters. The number of carbonyl (C=O) groups excluding carboxylic acids is 1. The number of hydrogen-bond acceptors (Lipinski definition) is 2. The van der Waals surface area contributed by atoms with E-state index in [-0.39, 0.29) is 5.92 Å². The molecule has 2 heteroatoms. The highest BCUT2D eigenvalue weighted by Gasteiger charge is 2.27. The van der Waals surface area contributed by atoms with Gasteiger partial charge >= 0.3 is 0 Å². The van der Waals surface area contributed by atoms with Crippen molar-refractivity contribution in [2.75, 3.05) is 11.9 Å². The first-order valence-electron chi connectivity index (χ1n) is 8.11. The Morgan fingerprint density at radius 2 is 2.15 bits per heavy atom. The van der Waals surface area contributed by atoms with Gasteiger partial charge in [0.2, 0.25) is 0 Å². The third-order valence-corrected chi connectivity index (χ3v) is 4.51. The fourth-order valence-corrected chi connectivity index (χ4v) is 3.17. The Hall–Kier alpha value is -1.31. The van der Waals surface area contributed by atoms with Gasteiger partial charge in [0.05, 0.1) is 0 Å². The largest absolute Gasteiger partial charge is 0.385 e. The lowest BCUT2D eigenvalue weighted by Gasteiger charge is -2.27. The van der Waals surface area contributed by atoms with Crippen molar-refractivity contribution < 1.29 is 4.79 Å². The number of unbranched alkanes of at least 4 members (excludes halogenated alkanes) is 1. The minimum atomic E-state index is 0.114. The first-order chi connectivity index (χ1) is 9.76. The summed E-state index contributed by atoms with van der Waals surface area (Å²) >= 11 is 0. The van der Waals surface area contributed by atoms with Crippen molar-refractivity contribution in [2.24, 2.45) is 5.92 Å². The zero-order valence-electron chi connectivity index (χ0n) is 12.8. The summed E-state index contributed by atoms with van der Waals surface area (Å²) in [4.78, 5) is 12.7. The lowest BCUT2D eigenvalue weighted by Crippen LogP contribution is -2.24. The molecule has 1 aliphatic rings. The van der Waals surface area contributed by atoms with Crippen LogP contribution in [0.1, 0.15) is 63.9 Å². The SMILES string of the molecule is CCCCC(CC)CC(=O)C1CCNc2ccccc21. The summed E-state index contributed by atoms with van der Waals surface area (Å²) in [7, 11) is 0. The highest BCUT2D eigenvalue weighted by molar-refractivity contribution is 5.88. The Kier molecular flexibility index (Phi) is 5.63. The second-order valence-corrected chi connectivity index (χ2v) is 5.94. The van der Waals surface area contributed by atoms with Gasteiger partial charge in [-0.25, -0.2) is 0 Å². The van der Waals surface area contributed by atoms with Crippen LogP contribution in [0.15, 0.2) is 24.3 Å². The molecule has 0 fully saturated rings. The van der Waals surface area contributed by atoms with Gasteiger partial charge in [0.1, 0.15) is 5.78 Å². The summed E-state index contributed by atoms with van der Waals surface area (Å²) in [6, 6.07) is 8.27. The summed E-state index contributed by atoms with van der Waals surface area (Å²) in [5.41, 5.74) is 2.35. The Morgan fingerprint density at radius 1 is 1.35 bits per heavy atom. The molecule has 0 saturated heterocycles. The van der Waals surface area contributed by atoms with Crippen LogP contribution in [0, 0.1) is 5.92 Å². The molecule has 1 heterocycles. The van der Waals surface area contributed by atoms with E-state index in [1.165, 1.54) is 24.8 Å². The molecule has 0 amide bonds. The van der Waals surface area contributed by atoms with Crippen molar-refractivity contribution in [1.29, 1.82) is 0 Å². The summed E-state index contributed by atoms with van der Waals surface area (Å²) in [6.07, 6.45) is 6.49. The molecule has 110 valence electrons. The third-order valence-electron chi connectivity index (χ3n) is 4.51. The molecule has 0 aromatic heterocycles. The van der Waals surface area contributed by atoms with E-state index in [0.29, 0.717) is 11.7 Å². The lowest BCUT2D eigenvalue weighted by molar-refractivity contribution is -0.121. The molecule has 20 heavy (non-hydrogen) atoms. The molecule has 1 N–H and O–H groups in total. The lowest BCUT2D eigenvalue weighted by atomic mass is 9.82. The number of anilines is 1. The molecule has 1 aromatic rings. The molecule has 0 aliphatic carbocycles. The van der Waals surface area contributed by atoms with Crippen LogP contribution in [0.3, 0.4) is 0 Å². The van der Waals surface area contributed by atoms with E-state index in [1.54, 1.807) is 0 Å². The second kappa shape index (κ2) is 7.47. The van der Waals surface area contributed by atoms with Crippen LogP contribution < -0.4 is 5.32 Å². The van der Waals surface area contributed by atoms with Gasteiger partial charge in [-0.2, -0.15) is 0 Å². The van der Waals surface area contributed by atoms with Crippen molar-refractivity contribution in [3.05, 3.63) is 29.8 Å². The summed E-state index contributed by atoms with van der Waals surface area (Å²) in [5, 5.41) is 3.40. The van der Waals surface area contributed by atoms with Crippen LogP contribution in [0.2, 0.25) is 0 Å². The quantitative estimate of drug-likeness (QED) is 0.776. The van der Waals surface area contributed by atoms with E-state index < -0.39 is 0 Å². The molecule has 0 bridgehead atoms. The first kappa shape index (κ1) is 15.1. The molecule has 2 rings (SSSR count). The van der Waals surface area contributed by atoms with Crippen LogP contribution >= 0.6 is 0 Å². The Bertz CT molecular complexity index is 441. The fraction of sp³-hybridized carbons (Fsp3) is 0.611. The van der Waals surface area contributed by atoms with Gasteiger partial charge in [-0.1, -0.05) is 57.7 Å². The van der Waals surface area contributed by atoms with E-state index in [1.807, 2.05) is 12.1 Å². The number of carbonyl (C=O) groups is 1. The van der Waals surface area contributed by atoms with E-state index in [2.05, 4.69) is 31.3 Å². The Labute approximate surface area is 123 Å². The van der Waals surface area contributed by atoms with Crippen LogP contribution in [-0.2, 0) is 4.79 Å². The first-order valence-corrected chi connectivity index (χ1v) is 8.11. The maximum atomic E-state index is 12.7. The maximum Gasteiger partial charge on any atom is 0.140 e. The smallest absolute Gasteiger partial charge is 0.140 e. The number of benzene rings is 1. The van der Waals surface area contributed by atoms with Gasteiger partial charge in [-0.3, -0.25) is 4.79 Å². The number of Topliss-reactive ketones (excluding diaryl/α,β-unsaturated/α-hetero) is 1. The van der Waals surface area contributed by atoms with Gasteiger partial charge < -0.3 is 5.32 Å². The maximum absolute atomic E-state index is 12.7. The van der Waals surface area contributed by atoms with E-state index in [9.17, 15) is 4.79 Å². The highest BCUT2D eigenvalue weighted by Crippen LogP contribution is 2.34.